The molecule has 1 fully saturated rings. The van der Waals surface area contributed by atoms with Crippen molar-refractivity contribution in [2.45, 2.75) is 11.3 Å². The molecule has 2 aromatic carbocycles. The number of rotatable bonds is 5. The fourth-order valence-corrected chi connectivity index (χ4v) is 5.40. The summed E-state index contributed by atoms with van der Waals surface area (Å²) in [7, 11) is -3.99. The van der Waals surface area contributed by atoms with Crippen LogP contribution in [0, 0.1) is 5.82 Å². The molecule has 0 saturated carbocycles. The largest absolute Gasteiger partial charge is 0.346 e. The Morgan fingerprint density at radius 2 is 1.88 bits per heavy atom. The molecular formula is C21H20ClFN4O3S2. The van der Waals surface area contributed by atoms with Crippen LogP contribution in [0.25, 0.3) is 0 Å². The minimum atomic E-state index is -3.99. The van der Waals surface area contributed by atoms with Gasteiger partial charge in [-0.05, 0) is 48.9 Å². The second-order valence-electron chi connectivity index (χ2n) is 7.20. The van der Waals surface area contributed by atoms with E-state index in [1.807, 2.05) is 5.38 Å². The van der Waals surface area contributed by atoms with Crippen LogP contribution in [0.2, 0.25) is 5.02 Å². The van der Waals surface area contributed by atoms with Crippen molar-refractivity contribution in [2.75, 3.05) is 35.8 Å². The molecule has 1 amide bonds. The Labute approximate surface area is 194 Å². The summed E-state index contributed by atoms with van der Waals surface area (Å²) in [5, 5.41) is 3.00. The predicted octanol–water partition coefficient (Wildman–Crippen LogP) is 4.09. The molecule has 0 atom stereocenters. The second-order valence-corrected chi connectivity index (χ2v) is 10.2. The zero-order valence-corrected chi connectivity index (χ0v) is 19.3. The Bertz CT molecular complexity index is 1200. The van der Waals surface area contributed by atoms with Crippen molar-refractivity contribution in [3.05, 3.63) is 70.4 Å². The molecule has 1 saturated heterocycles. The highest BCUT2D eigenvalue weighted by molar-refractivity contribution is 7.92. The molecule has 11 heteroatoms. The number of carbonyl (C=O) groups is 1. The number of sulfonamides is 1. The molecule has 0 unspecified atom stereocenters. The van der Waals surface area contributed by atoms with Gasteiger partial charge < -0.3 is 9.80 Å². The van der Waals surface area contributed by atoms with Crippen molar-refractivity contribution in [1.82, 2.24) is 9.88 Å². The Balaban J connectivity index is 1.53. The zero-order chi connectivity index (χ0) is 22.7. The van der Waals surface area contributed by atoms with E-state index >= 15 is 0 Å². The molecule has 168 valence electrons. The molecule has 0 spiro atoms. The SMILES string of the molecule is O=C(c1cc(S(=O)(=O)Nc2ccc(F)cc2)ccc1Cl)N1CCCN(c2nccs2)CC1. The van der Waals surface area contributed by atoms with Crippen LogP contribution in [-0.2, 0) is 10.0 Å². The number of hydrogen-bond acceptors (Lipinski definition) is 6. The first kappa shape index (κ1) is 22.5. The van der Waals surface area contributed by atoms with Crippen molar-refractivity contribution < 1.29 is 17.6 Å². The summed E-state index contributed by atoms with van der Waals surface area (Å²) in [6, 6.07) is 8.96. The zero-order valence-electron chi connectivity index (χ0n) is 16.9. The van der Waals surface area contributed by atoms with E-state index < -0.39 is 15.8 Å². The molecule has 1 N–H and O–H groups in total. The van der Waals surface area contributed by atoms with Crippen LogP contribution in [0.4, 0.5) is 15.2 Å². The average molecular weight is 495 g/mol. The number of halogens is 2. The predicted molar refractivity (Wildman–Crippen MR) is 124 cm³/mol. The lowest BCUT2D eigenvalue weighted by Crippen LogP contribution is -2.35. The highest BCUT2D eigenvalue weighted by atomic mass is 35.5. The quantitative estimate of drug-likeness (QED) is 0.577. The van der Waals surface area contributed by atoms with E-state index in [2.05, 4.69) is 14.6 Å². The van der Waals surface area contributed by atoms with Crippen LogP contribution in [0.15, 0.2) is 58.9 Å². The Kier molecular flexibility index (Phi) is 6.63. The molecule has 0 radical (unpaired) electrons. The summed E-state index contributed by atoms with van der Waals surface area (Å²) >= 11 is 7.81. The summed E-state index contributed by atoms with van der Waals surface area (Å²) in [6.07, 6.45) is 2.51. The van der Waals surface area contributed by atoms with E-state index in [-0.39, 0.29) is 27.1 Å². The van der Waals surface area contributed by atoms with Crippen LogP contribution in [0.5, 0.6) is 0 Å². The van der Waals surface area contributed by atoms with E-state index in [0.717, 1.165) is 30.2 Å². The number of nitrogens with zero attached hydrogens (tertiary/aromatic N) is 3. The van der Waals surface area contributed by atoms with E-state index in [4.69, 9.17) is 11.6 Å². The van der Waals surface area contributed by atoms with Gasteiger partial charge in [0.15, 0.2) is 5.13 Å². The summed E-state index contributed by atoms with van der Waals surface area (Å²) in [4.78, 5) is 21.2. The number of hydrogen-bond donors (Lipinski definition) is 1. The van der Waals surface area contributed by atoms with Gasteiger partial charge in [0.25, 0.3) is 15.9 Å². The Morgan fingerprint density at radius 1 is 1.09 bits per heavy atom. The van der Waals surface area contributed by atoms with Crippen LogP contribution < -0.4 is 9.62 Å². The normalized spacial score (nSPS) is 14.8. The van der Waals surface area contributed by atoms with Gasteiger partial charge >= 0.3 is 0 Å². The topological polar surface area (TPSA) is 82.6 Å². The van der Waals surface area contributed by atoms with E-state index in [0.29, 0.717) is 19.6 Å². The van der Waals surface area contributed by atoms with Crippen molar-refractivity contribution >= 4 is 49.7 Å². The van der Waals surface area contributed by atoms with Crippen LogP contribution in [-0.4, -0.2) is 50.4 Å². The molecule has 1 aliphatic heterocycles. The maximum absolute atomic E-state index is 13.2. The third kappa shape index (κ3) is 5.03. The van der Waals surface area contributed by atoms with Gasteiger partial charge in [-0.2, -0.15) is 0 Å². The lowest BCUT2D eigenvalue weighted by molar-refractivity contribution is 0.0767. The maximum Gasteiger partial charge on any atom is 0.261 e. The van der Waals surface area contributed by atoms with Crippen molar-refractivity contribution in [1.29, 1.82) is 0 Å². The highest BCUT2D eigenvalue weighted by Crippen LogP contribution is 2.25. The van der Waals surface area contributed by atoms with Gasteiger partial charge in [-0.15, -0.1) is 11.3 Å². The number of anilines is 2. The van der Waals surface area contributed by atoms with Crippen LogP contribution in [0.1, 0.15) is 16.8 Å². The number of benzene rings is 2. The highest BCUT2D eigenvalue weighted by Gasteiger charge is 2.25. The summed E-state index contributed by atoms with van der Waals surface area (Å²) in [6.45, 7) is 2.41. The fraction of sp³-hybridized carbons (Fsp3) is 0.238. The van der Waals surface area contributed by atoms with Crippen molar-refractivity contribution in [2.24, 2.45) is 0 Å². The lowest BCUT2D eigenvalue weighted by atomic mass is 10.2. The first-order valence-electron chi connectivity index (χ1n) is 9.85. The number of carbonyl (C=O) groups excluding carboxylic acids is 1. The van der Waals surface area contributed by atoms with Gasteiger partial charge in [-0.1, -0.05) is 11.6 Å². The maximum atomic E-state index is 13.2. The molecule has 1 aliphatic rings. The first-order valence-corrected chi connectivity index (χ1v) is 12.6. The van der Waals surface area contributed by atoms with Crippen LogP contribution >= 0.6 is 22.9 Å². The molecule has 4 rings (SSSR count). The minimum absolute atomic E-state index is 0.103. The Morgan fingerprint density at radius 3 is 2.59 bits per heavy atom. The summed E-state index contributed by atoms with van der Waals surface area (Å²) in [5.74, 6) is -0.798. The van der Waals surface area contributed by atoms with Gasteiger partial charge in [0, 0.05) is 43.4 Å². The van der Waals surface area contributed by atoms with E-state index in [9.17, 15) is 17.6 Å². The monoisotopic (exact) mass is 494 g/mol. The molecule has 3 aromatic rings. The van der Waals surface area contributed by atoms with Crippen molar-refractivity contribution in [3.63, 3.8) is 0 Å². The third-order valence-electron chi connectivity index (χ3n) is 5.05. The molecule has 0 aliphatic carbocycles. The van der Waals surface area contributed by atoms with Gasteiger partial charge in [0.1, 0.15) is 5.82 Å². The van der Waals surface area contributed by atoms with Gasteiger partial charge in [0.05, 0.1) is 15.5 Å². The molecule has 0 bridgehead atoms. The van der Waals surface area contributed by atoms with Gasteiger partial charge in [-0.25, -0.2) is 17.8 Å². The van der Waals surface area contributed by atoms with E-state index in [1.165, 1.54) is 30.3 Å². The molecule has 32 heavy (non-hydrogen) atoms. The van der Waals surface area contributed by atoms with Gasteiger partial charge in [-0.3, -0.25) is 9.52 Å². The van der Waals surface area contributed by atoms with Gasteiger partial charge in [0.2, 0.25) is 0 Å². The number of aromatic nitrogens is 1. The lowest BCUT2D eigenvalue weighted by Gasteiger charge is -2.22. The minimum Gasteiger partial charge on any atom is -0.346 e. The third-order valence-corrected chi connectivity index (χ3v) is 7.59. The second kappa shape index (κ2) is 9.43. The molecule has 7 nitrogen and oxygen atoms in total. The first-order chi connectivity index (χ1) is 15.3. The Hall–Kier alpha value is -2.69. The summed E-state index contributed by atoms with van der Waals surface area (Å²) in [5.41, 5.74) is 0.334. The van der Waals surface area contributed by atoms with E-state index in [1.54, 1.807) is 22.4 Å². The fourth-order valence-electron chi connectivity index (χ4n) is 3.42. The number of amides is 1. The van der Waals surface area contributed by atoms with Crippen molar-refractivity contribution in [3.8, 4) is 0 Å². The van der Waals surface area contributed by atoms with Crippen LogP contribution in [0.3, 0.4) is 0 Å². The summed E-state index contributed by atoms with van der Waals surface area (Å²) < 4.78 is 41.1. The molecular weight excluding hydrogens is 475 g/mol. The molecule has 1 aromatic heterocycles. The number of thiazole rings is 1. The molecule has 2 heterocycles. The smallest absolute Gasteiger partial charge is 0.261 e. The standard InChI is InChI=1S/C21H20ClFN4O3S2/c22-19-7-6-17(32(29,30)25-16-4-2-15(23)3-5-16)14-18(19)20(28)26-9-1-10-27(12-11-26)21-24-8-13-31-21/h2-8,13-14,25H,1,9-12H2. The number of nitrogens with one attached hydrogen (secondary N) is 1. The average Bonchev–Trinajstić information content (AvgIpc) is 3.19.